The molecule has 8 nitrogen and oxygen atoms in total. The van der Waals surface area contributed by atoms with E-state index in [1.807, 2.05) is 0 Å². The summed E-state index contributed by atoms with van der Waals surface area (Å²) in [4.78, 5) is 15.8. The third kappa shape index (κ3) is 3.74. The van der Waals surface area contributed by atoms with Crippen molar-refractivity contribution < 1.29 is 17.7 Å². The van der Waals surface area contributed by atoms with Gasteiger partial charge in [0, 0.05) is 32.5 Å². The maximum atomic E-state index is 12.5. The lowest BCUT2D eigenvalue weighted by Gasteiger charge is -2.17. The summed E-state index contributed by atoms with van der Waals surface area (Å²) >= 11 is 0. The maximum Gasteiger partial charge on any atom is 0.252 e. The van der Waals surface area contributed by atoms with Gasteiger partial charge in [-0.15, -0.1) is 0 Å². The Morgan fingerprint density at radius 2 is 2.13 bits per heavy atom. The second-order valence-corrected chi connectivity index (χ2v) is 6.96. The number of amides is 1. The summed E-state index contributed by atoms with van der Waals surface area (Å²) < 4.78 is 31.0. The van der Waals surface area contributed by atoms with Gasteiger partial charge in [0.25, 0.3) is 5.91 Å². The van der Waals surface area contributed by atoms with Crippen molar-refractivity contribution in [3.05, 3.63) is 41.5 Å². The summed E-state index contributed by atoms with van der Waals surface area (Å²) in [5.41, 5.74) is 0.734. The second kappa shape index (κ2) is 6.88. The summed E-state index contributed by atoms with van der Waals surface area (Å²) in [6.07, 6.45) is 3.01. The fourth-order valence-electron chi connectivity index (χ4n) is 2.04. The average molecular weight is 338 g/mol. The standard InChI is InChI=1S/C14H18N4O4S/c1-10-13(11(2)22-17-10)23(20,21)18(3)8-7-16-14(19)12-5-4-6-15-9-12/h4-6,9H,7-8H2,1-3H3,(H,16,19). The number of aromatic nitrogens is 2. The molecule has 0 fully saturated rings. The number of sulfonamides is 1. The van der Waals surface area contributed by atoms with E-state index in [-0.39, 0.29) is 29.7 Å². The number of rotatable bonds is 6. The zero-order valence-electron chi connectivity index (χ0n) is 13.1. The molecule has 1 amide bonds. The lowest BCUT2D eigenvalue weighted by Crippen LogP contribution is -2.36. The van der Waals surface area contributed by atoms with Gasteiger partial charge in [0.05, 0.1) is 5.56 Å². The van der Waals surface area contributed by atoms with E-state index in [0.29, 0.717) is 11.3 Å². The van der Waals surface area contributed by atoms with Crippen LogP contribution in [0, 0.1) is 13.8 Å². The Balaban J connectivity index is 1.97. The van der Waals surface area contributed by atoms with E-state index >= 15 is 0 Å². The van der Waals surface area contributed by atoms with Gasteiger partial charge in [-0.25, -0.2) is 8.42 Å². The zero-order chi connectivity index (χ0) is 17.0. The van der Waals surface area contributed by atoms with E-state index in [9.17, 15) is 13.2 Å². The van der Waals surface area contributed by atoms with Crippen LogP contribution in [-0.2, 0) is 10.0 Å². The molecule has 0 aliphatic heterocycles. The smallest absolute Gasteiger partial charge is 0.252 e. The normalized spacial score (nSPS) is 11.7. The van der Waals surface area contributed by atoms with Gasteiger partial charge in [0.2, 0.25) is 10.0 Å². The van der Waals surface area contributed by atoms with Crippen LogP contribution in [-0.4, -0.2) is 48.9 Å². The van der Waals surface area contributed by atoms with Gasteiger partial charge in [-0.2, -0.15) is 4.31 Å². The average Bonchev–Trinajstić information content (AvgIpc) is 2.87. The van der Waals surface area contributed by atoms with E-state index < -0.39 is 10.0 Å². The van der Waals surface area contributed by atoms with Gasteiger partial charge < -0.3 is 9.84 Å². The summed E-state index contributed by atoms with van der Waals surface area (Å²) in [5.74, 6) is -0.0602. The number of nitrogens with one attached hydrogen (secondary N) is 1. The molecule has 0 aliphatic rings. The molecule has 0 saturated heterocycles. The molecule has 0 spiro atoms. The molecule has 2 aromatic heterocycles. The highest BCUT2D eigenvalue weighted by Crippen LogP contribution is 2.21. The van der Waals surface area contributed by atoms with Crippen LogP contribution in [0.15, 0.2) is 33.9 Å². The minimum Gasteiger partial charge on any atom is -0.360 e. The molecule has 0 saturated carbocycles. The molecule has 9 heteroatoms. The van der Waals surface area contributed by atoms with Crippen LogP contribution in [0.2, 0.25) is 0 Å². The number of hydrogen-bond donors (Lipinski definition) is 1. The summed E-state index contributed by atoms with van der Waals surface area (Å²) in [6, 6.07) is 3.29. The number of likely N-dealkylation sites (N-methyl/N-ethyl adjacent to an activating group) is 1. The van der Waals surface area contributed by atoms with Gasteiger partial charge in [-0.3, -0.25) is 9.78 Å². The molecule has 2 heterocycles. The molecular weight excluding hydrogens is 320 g/mol. The lowest BCUT2D eigenvalue weighted by molar-refractivity contribution is 0.0952. The molecule has 23 heavy (non-hydrogen) atoms. The summed E-state index contributed by atoms with van der Waals surface area (Å²) in [7, 11) is -2.26. The predicted molar refractivity (Wildman–Crippen MR) is 82.4 cm³/mol. The van der Waals surface area contributed by atoms with E-state index in [4.69, 9.17) is 4.52 Å². The topological polar surface area (TPSA) is 105 Å². The van der Waals surface area contributed by atoms with Crippen molar-refractivity contribution >= 4 is 15.9 Å². The molecule has 0 bridgehead atoms. The highest BCUT2D eigenvalue weighted by Gasteiger charge is 2.28. The molecule has 2 aromatic rings. The van der Waals surface area contributed by atoms with Gasteiger partial charge in [-0.1, -0.05) is 5.16 Å². The highest BCUT2D eigenvalue weighted by atomic mass is 32.2. The first-order chi connectivity index (χ1) is 10.8. The monoisotopic (exact) mass is 338 g/mol. The minimum absolute atomic E-state index is 0.0681. The van der Waals surface area contributed by atoms with Gasteiger partial charge in [0.15, 0.2) is 5.76 Å². The van der Waals surface area contributed by atoms with Crippen molar-refractivity contribution in [1.29, 1.82) is 0 Å². The predicted octanol–water partition coefficient (Wildman–Crippen LogP) is 0.737. The number of carbonyl (C=O) groups is 1. The molecule has 0 aliphatic carbocycles. The Kier molecular flexibility index (Phi) is 5.12. The molecule has 124 valence electrons. The van der Waals surface area contributed by atoms with E-state index in [1.165, 1.54) is 13.2 Å². The SMILES string of the molecule is Cc1noc(C)c1S(=O)(=O)N(C)CCNC(=O)c1cccnc1. The van der Waals surface area contributed by atoms with Crippen LogP contribution in [0.25, 0.3) is 0 Å². The Labute approximate surface area is 134 Å². The molecule has 0 radical (unpaired) electrons. The Bertz CT molecular complexity index is 767. The Morgan fingerprint density at radius 1 is 1.39 bits per heavy atom. The quantitative estimate of drug-likeness (QED) is 0.833. The first kappa shape index (κ1) is 17.1. The molecule has 2 rings (SSSR count). The van der Waals surface area contributed by atoms with E-state index in [0.717, 1.165) is 4.31 Å². The van der Waals surface area contributed by atoms with E-state index in [2.05, 4.69) is 15.5 Å². The zero-order valence-corrected chi connectivity index (χ0v) is 13.9. The Hall–Kier alpha value is -2.26. The van der Waals surface area contributed by atoms with Crippen LogP contribution < -0.4 is 5.32 Å². The fraction of sp³-hybridized carbons (Fsp3) is 0.357. The molecule has 0 atom stereocenters. The van der Waals surface area contributed by atoms with Crippen molar-refractivity contribution in [3.8, 4) is 0 Å². The Morgan fingerprint density at radius 3 is 2.70 bits per heavy atom. The fourth-order valence-corrected chi connectivity index (χ4v) is 3.50. The van der Waals surface area contributed by atoms with Crippen molar-refractivity contribution in [2.24, 2.45) is 0 Å². The van der Waals surface area contributed by atoms with Crippen molar-refractivity contribution in [3.63, 3.8) is 0 Å². The molecule has 0 unspecified atom stereocenters. The third-order valence-corrected chi connectivity index (χ3v) is 5.37. The largest absolute Gasteiger partial charge is 0.360 e. The number of hydrogen-bond acceptors (Lipinski definition) is 6. The van der Waals surface area contributed by atoms with E-state index in [1.54, 1.807) is 32.2 Å². The first-order valence-corrected chi connectivity index (χ1v) is 8.35. The van der Waals surface area contributed by atoms with Gasteiger partial charge >= 0.3 is 0 Å². The van der Waals surface area contributed by atoms with Crippen LogP contribution in [0.1, 0.15) is 21.8 Å². The maximum absolute atomic E-state index is 12.5. The lowest BCUT2D eigenvalue weighted by atomic mass is 10.3. The number of carbonyl (C=O) groups excluding carboxylic acids is 1. The van der Waals surface area contributed by atoms with Crippen molar-refractivity contribution in [2.75, 3.05) is 20.1 Å². The van der Waals surface area contributed by atoms with Gasteiger partial charge in [0.1, 0.15) is 10.6 Å². The van der Waals surface area contributed by atoms with Crippen LogP contribution in [0.3, 0.4) is 0 Å². The number of pyridine rings is 1. The minimum atomic E-state index is -3.71. The van der Waals surface area contributed by atoms with Gasteiger partial charge in [-0.05, 0) is 26.0 Å². The van der Waals surface area contributed by atoms with Crippen molar-refractivity contribution in [1.82, 2.24) is 19.8 Å². The number of aryl methyl sites for hydroxylation is 2. The third-order valence-electron chi connectivity index (χ3n) is 3.27. The van der Waals surface area contributed by atoms with Crippen molar-refractivity contribution in [2.45, 2.75) is 18.7 Å². The van der Waals surface area contributed by atoms with Crippen LogP contribution >= 0.6 is 0 Å². The summed E-state index contributed by atoms with van der Waals surface area (Å²) in [6.45, 7) is 3.41. The molecule has 1 N–H and O–H groups in total. The molecular formula is C14H18N4O4S. The first-order valence-electron chi connectivity index (χ1n) is 6.91. The molecule has 0 aromatic carbocycles. The highest BCUT2D eigenvalue weighted by molar-refractivity contribution is 7.89. The summed E-state index contributed by atoms with van der Waals surface area (Å²) in [5, 5.41) is 6.31. The number of nitrogens with zero attached hydrogens (tertiary/aromatic N) is 3. The van der Waals surface area contributed by atoms with Crippen LogP contribution in [0.5, 0.6) is 0 Å². The second-order valence-electron chi connectivity index (χ2n) is 4.98. The van der Waals surface area contributed by atoms with Crippen LogP contribution in [0.4, 0.5) is 0 Å².